The molecular weight excluding hydrogens is 226 g/mol. The normalized spacial score (nSPS) is 10.1. The molecule has 0 saturated heterocycles. The molecule has 0 bridgehead atoms. The van der Waals surface area contributed by atoms with E-state index in [4.69, 9.17) is 5.73 Å². The number of aromatic nitrogens is 2. The number of hydrogen-bond acceptors (Lipinski definition) is 5. The molecule has 1 heterocycles. The van der Waals surface area contributed by atoms with Crippen LogP contribution in [0.15, 0.2) is 36.7 Å². The van der Waals surface area contributed by atoms with Gasteiger partial charge in [-0.2, -0.15) is 0 Å². The molecule has 5 nitrogen and oxygen atoms in total. The van der Waals surface area contributed by atoms with Crippen molar-refractivity contribution in [2.24, 2.45) is 0 Å². The van der Waals surface area contributed by atoms with Gasteiger partial charge in [-0.3, -0.25) is 0 Å². The van der Waals surface area contributed by atoms with Crippen molar-refractivity contribution < 1.29 is 0 Å². The molecule has 18 heavy (non-hydrogen) atoms. The number of nitrogens with two attached hydrogens (primary N) is 1. The summed E-state index contributed by atoms with van der Waals surface area (Å²) in [6.07, 6.45) is 1.52. The molecule has 0 aliphatic heterocycles. The van der Waals surface area contributed by atoms with Crippen LogP contribution in [0.1, 0.15) is 6.92 Å². The molecule has 3 N–H and O–H groups in total. The summed E-state index contributed by atoms with van der Waals surface area (Å²) in [6, 6.07) is 10.0. The van der Waals surface area contributed by atoms with Gasteiger partial charge in [-0.1, -0.05) is 18.2 Å². The number of para-hydroxylation sites is 1. The second kappa shape index (κ2) is 5.35. The van der Waals surface area contributed by atoms with Crippen molar-refractivity contribution in [3.8, 4) is 0 Å². The maximum absolute atomic E-state index is 6.08. The van der Waals surface area contributed by atoms with Crippen LogP contribution < -0.4 is 16.0 Å². The van der Waals surface area contributed by atoms with Crippen LogP contribution in [-0.2, 0) is 0 Å². The van der Waals surface area contributed by atoms with E-state index in [-0.39, 0.29) is 0 Å². The first-order valence-corrected chi connectivity index (χ1v) is 5.88. The number of rotatable bonds is 4. The first-order chi connectivity index (χ1) is 8.77. The Kier molecular flexibility index (Phi) is 3.62. The third-order valence-electron chi connectivity index (χ3n) is 2.74. The Hall–Kier alpha value is -2.30. The predicted molar refractivity (Wildman–Crippen MR) is 75.1 cm³/mol. The van der Waals surface area contributed by atoms with Crippen molar-refractivity contribution in [2.75, 3.05) is 29.5 Å². The molecule has 94 valence electrons. The van der Waals surface area contributed by atoms with E-state index >= 15 is 0 Å². The average molecular weight is 243 g/mol. The Morgan fingerprint density at radius 1 is 1.22 bits per heavy atom. The minimum Gasteiger partial charge on any atom is -0.393 e. The number of nitrogens with one attached hydrogen (secondary N) is 1. The highest BCUT2D eigenvalue weighted by atomic mass is 15.2. The summed E-state index contributed by atoms with van der Waals surface area (Å²) in [5.74, 6) is 1.37. The van der Waals surface area contributed by atoms with Gasteiger partial charge in [0.05, 0.1) is 0 Å². The molecule has 5 heteroatoms. The third kappa shape index (κ3) is 2.20. The van der Waals surface area contributed by atoms with Crippen molar-refractivity contribution >= 4 is 23.0 Å². The fourth-order valence-electron chi connectivity index (χ4n) is 1.86. The summed E-state index contributed by atoms with van der Waals surface area (Å²) >= 11 is 0. The van der Waals surface area contributed by atoms with E-state index in [1.807, 2.05) is 30.3 Å². The number of nitrogen functional groups attached to an aromatic ring is 1. The molecule has 2 rings (SSSR count). The van der Waals surface area contributed by atoms with Crippen LogP contribution in [0.4, 0.5) is 23.0 Å². The quantitative estimate of drug-likeness (QED) is 0.862. The Balaban J connectivity index is 2.46. The molecule has 1 aromatic heterocycles. The monoisotopic (exact) mass is 243 g/mol. The summed E-state index contributed by atoms with van der Waals surface area (Å²) in [5.41, 5.74) is 7.70. The van der Waals surface area contributed by atoms with Crippen LogP contribution in [-0.4, -0.2) is 23.6 Å². The molecule has 1 aromatic carbocycles. The van der Waals surface area contributed by atoms with Gasteiger partial charge in [0.1, 0.15) is 12.0 Å². The molecular formula is C13H17N5. The number of hydrogen-bond donors (Lipinski definition) is 2. The lowest BCUT2D eigenvalue weighted by Gasteiger charge is -2.23. The van der Waals surface area contributed by atoms with Crippen LogP contribution in [0.3, 0.4) is 0 Å². The van der Waals surface area contributed by atoms with Crippen molar-refractivity contribution in [1.82, 2.24) is 9.97 Å². The first-order valence-electron chi connectivity index (χ1n) is 5.88. The first kappa shape index (κ1) is 12.2. The highest BCUT2D eigenvalue weighted by molar-refractivity contribution is 5.78. The van der Waals surface area contributed by atoms with E-state index < -0.39 is 0 Å². The SMILES string of the molecule is CCN(c1ccccc1)c1ncnc(NC)c1N. The molecule has 0 spiro atoms. The minimum atomic E-state index is 0.561. The molecule has 0 aliphatic carbocycles. The van der Waals surface area contributed by atoms with Crippen LogP contribution in [0.5, 0.6) is 0 Å². The molecule has 0 amide bonds. The molecule has 2 aromatic rings. The summed E-state index contributed by atoms with van der Waals surface area (Å²) in [6.45, 7) is 2.85. The van der Waals surface area contributed by atoms with Crippen LogP contribution in [0.2, 0.25) is 0 Å². The van der Waals surface area contributed by atoms with E-state index in [0.29, 0.717) is 11.5 Å². The zero-order chi connectivity index (χ0) is 13.0. The summed E-state index contributed by atoms with van der Waals surface area (Å²) in [5, 5.41) is 2.96. The molecule has 0 unspecified atom stereocenters. The van der Waals surface area contributed by atoms with Crippen molar-refractivity contribution in [3.63, 3.8) is 0 Å². The second-order valence-corrected chi connectivity index (χ2v) is 3.79. The maximum Gasteiger partial charge on any atom is 0.161 e. The summed E-state index contributed by atoms with van der Waals surface area (Å²) in [7, 11) is 1.79. The Morgan fingerprint density at radius 2 is 1.94 bits per heavy atom. The average Bonchev–Trinajstić information content (AvgIpc) is 2.43. The topological polar surface area (TPSA) is 67.1 Å². The minimum absolute atomic E-state index is 0.561. The van der Waals surface area contributed by atoms with Gasteiger partial charge in [0.15, 0.2) is 11.6 Å². The lowest BCUT2D eigenvalue weighted by atomic mass is 10.2. The van der Waals surface area contributed by atoms with Gasteiger partial charge < -0.3 is 16.0 Å². The maximum atomic E-state index is 6.08. The molecule has 0 aliphatic rings. The number of benzene rings is 1. The number of anilines is 4. The van der Waals surface area contributed by atoms with Crippen molar-refractivity contribution in [2.45, 2.75) is 6.92 Å². The van der Waals surface area contributed by atoms with Gasteiger partial charge in [0.25, 0.3) is 0 Å². The standard InChI is InChI=1S/C13H17N5/c1-3-18(10-7-5-4-6-8-10)13-11(14)12(15-2)16-9-17-13/h4-9H,3,14H2,1-2H3,(H,15,16,17). The molecule has 0 atom stereocenters. The van der Waals surface area contributed by atoms with E-state index in [1.165, 1.54) is 6.33 Å². The van der Waals surface area contributed by atoms with Gasteiger partial charge in [0, 0.05) is 19.3 Å². The van der Waals surface area contributed by atoms with Crippen molar-refractivity contribution in [3.05, 3.63) is 36.7 Å². The van der Waals surface area contributed by atoms with E-state index in [9.17, 15) is 0 Å². The highest BCUT2D eigenvalue weighted by Gasteiger charge is 2.14. The summed E-state index contributed by atoms with van der Waals surface area (Å²) in [4.78, 5) is 10.4. The Labute approximate surface area is 107 Å². The lowest BCUT2D eigenvalue weighted by Crippen LogP contribution is -2.19. The van der Waals surface area contributed by atoms with Gasteiger partial charge in [-0.25, -0.2) is 9.97 Å². The zero-order valence-corrected chi connectivity index (χ0v) is 10.6. The molecule has 0 radical (unpaired) electrons. The Bertz CT molecular complexity index is 512. The third-order valence-corrected chi connectivity index (χ3v) is 2.74. The van der Waals surface area contributed by atoms with E-state index in [2.05, 4.69) is 27.1 Å². The number of nitrogens with zero attached hydrogens (tertiary/aromatic N) is 3. The van der Waals surface area contributed by atoms with Gasteiger partial charge in [-0.15, -0.1) is 0 Å². The van der Waals surface area contributed by atoms with Crippen molar-refractivity contribution in [1.29, 1.82) is 0 Å². The highest BCUT2D eigenvalue weighted by Crippen LogP contribution is 2.30. The summed E-state index contributed by atoms with van der Waals surface area (Å²) < 4.78 is 0. The second-order valence-electron chi connectivity index (χ2n) is 3.79. The molecule has 0 fully saturated rings. The zero-order valence-electron chi connectivity index (χ0n) is 10.6. The fraction of sp³-hybridized carbons (Fsp3) is 0.231. The van der Waals surface area contributed by atoms with Gasteiger partial charge >= 0.3 is 0 Å². The molecule has 0 saturated carbocycles. The van der Waals surface area contributed by atoms with Crippen LogP contribution in [0, 0.1) is 0 Å². The van der Waals surface area contributed by atoms with Gasteiger partial charge in [-0.05, 0) is 19.1 Å². The van der Waals surface area contributed by atoms with E-state index in [0.717, 1.165) is 18.1 Å². The fourth-order valence-corrected chi connectivity index (χ4v) is 1.86. The predicted octanol–water partition coefficient (Wildman–Crippen LogP) is 2.26. The van der Waals surface area contributed by atoms with E-state index in [1.54, 1.807) is 7.05 Å². The lowest BCUT2D eigenvalue weighted by molar-refractivity contribution is 0.980. The largest absolute Gasteiger partial charge is 0.393 e. The Morgan fingerprint density at radius 3 is 2.56 bits per heavy atom. The van der Waals surface area contributed by atoms with Crippen LogP contribution in [0.25, 0.3) is 0 Å². The van der Waals surface area contributed by atoms with Gasteiger partial charge in [0.2, 0.25) is 0 Å². The van der Waals surface area contributed by atoms with Crippen LogP contribution >= 0.6 is 0 Å². The smallest absolute Gasteiger partial charge is 0.161 e.